The van der Waals surface area contributed by atoms with Gasteiger partial charge in [0, 0.05) is 23.7 Å². The fourth-order valence-electron chi connectivity index (χ4n) is 2.00. The molecule has 0 bridgehead atoms. The molecule has 1 N–H and O–H groups in total. The van der Waals surface area contributed by atoms with E-state index in [1.54, 1.807) is 0 Å². The maximum absolute atomic E-state index is 13.0. The number of hydrogen-bond acceptors (Lipinski definition) is 2. The molecule has 1 heterocycles. The molecule has 3 nitrogen and oxygen atoms in total. The Morgan fingerprint density at radius 2 is 2.15 bits per heavy atom. The van der Waals surface area contributed by atoms with Crippen molar-refractivity contribution in [1.82, 2.24) is 9.78 Å². The zero-order valence-electron chi connectivity index (χ0n) is 11.6. The third-order valence-corrected chi connectivity index (χ3v) is 3.76. The van der Waals surface area contributed by atoms with Gasteiger partial charge in [-0.05, 0) is 37.1 Å². The van der Waals surface area contributed by atoms with Crippen LogP contribution in [0, 0.1) is 5.82 Å². The maximum Gasteiger partial charge on any atom is 0.124 e. The number of rotatable bonds is 5. The molecule has 2 aromatic rings. The molecule has 0 radical (unpaired) electrons. The summed E-state index contributed by atoms with van der Waals surface area (Å²) in [4.78, 5) is 0. The highest BCUT2D eigenvalue weighted by atomic mass is 35.5. The molecular formula is C15H18ClFN2O. The predicted molar refractivity (Wildman–Crippen MR) is 77.3 cm³/mol. The Bertz CT molecular complexity index is 585. The second-order valence-corrected chi connectivity index (χ2v) is 5.34. The predicted octanol–water partition coefficient (Wildman–Crippen LogP) is 3.92. The zero-order valence-corrected chi connectivity index (χ0v) is 12.3. The third kappa shape index (κ3) is 3.38. The Kier molecular flexibility index (Phi) is 4.78. The first-order valence-corrected chi connectivity index (χ1v) is 7.06. The van der Waals surface area contributed by atoms with Crippen molar-refractivity contribution in [3.05, 3.63) is 52.6 Å². The minimum absolute atomic E-state index is 0.235. The lowest BCUT2D eigenvalue weighted by Gasteiger charge is -2.12. The van der Waals surface area contributed by atoms with E-state index in [0.717, 1.165) is 12.1 Å². The second-order valence-electron chi connectivity index (χ2n) is 4.93. The Morgan fingerprint density at radius 3 is 2.80 bits per heavy atom. The molecule has 108 valence electrons. The van der Waals surface area contributed by atoms with E-state index in [1.807, 2.05) is 16.9 Å². The smallest absolute Gasteiger partial charge is 0.124 e. The van der Waals surface area contributed by atoms with Crippen LogP contribution in [0.5, 0.6) is 0 Å². The van der Waals surface area contributed by atoms with Gasteiger partial charge < -0.3 is 5.11 Å². The van der Waals surface area contributed by atoms with Crippen LogP contribution in [0.25, 0.3) is 0 Å². The van der Waals surface area contributed by atoms with E-state index >= 15 is 0 Å². The van der Waals surface area contributed by atoms with Crippen LogP contribution in [-0.4, -0.2) is 14.9 Å². The summed E-state index contributed by atoms with van der Waals surface area (Å²) in [7, 11) is 0. The molecule has 2 unspecified atom stereocenters. The van der Waals surface area contributed by atoms with Gasteiger partial charge in [0.05, 0.1) is 11.8 Å². The fourth-order valence-corrected chi connectivity index (χ4v) is 2.29. The standard InChI is InChI=1S/C15H18ClFN2O/c1-3-10(2)19-7-6-12(18-19)9-15(20)13-5-4-11(17)8-14(13)16/h4-8,10,15,20H,3,9H2,1-2H3. The van der Waals surface area contributed by atoms with Gasteiger partial charge in [0.1, 0.15) is 5.82 Å². The Balaban J connectivity index is 2.11. The van der Waals surface area contributed by atoms with Crippen LogP contribution in [0.2, 0.25) is 5.02 Å². The average molecular weight is 297 g/mol. The van der Waals surface area contributed by atoms with Gasteiger partial charge in [-0.15, -0.1) is 0 Å². The van der Waals surface area contributed by atoms with Gasteiger partial charge in [-0.3, -0.25) is 4.68 Å². The summed E-state index contributed by atoms with van der Waals surface area (Å²) in [6, 6.07) is 6.22. The van der Waals surface area contributed by atoms with Crippen molar-refractivity contribution in [2.24, 2.45) is 0 Å². The van der Waals surface area contributed by atoms with Crippen LogP contribution >= 0.6 is 11.6 Å². The molecule has 2 rings (SSSR count). The van der Waals surface area contributed by atoms with Crippen molar-refractivity contribution >= 4 is 11.6 Å². The zero-order chi connectivity index (χ0) is 14.7. The average Bonchev–Trinajstić information content (AvgIpc) is 2.86. The first kappa shape index (κ1) is 15.0. The van der Waals surface area contributed by atoms with Crippen molar-refractivity contribution < 1.29 is 9.50 Å². The van der Waals surface area contributed by atoms with Gasteiger partial charge in [0.2, 0.25) is 0 Å². The van der Waals surface area contributed by atoms with Crippen LogP contribution in [0.1, 0.15) is 43.7 Å². The molecule has 2 atom stereocenters. The summed E-state index contributed by atoms with van der Waals surface area (Å²) in [5.74, 6) is -0.410. The van der Waals surface area contributed by atoms with Crippen molar-refractivity contribution in [3.8, 4) is 0 Å². The van der Waals surface area contributed by atoms with Crippen LogP contribution in [0.15, 0.2) is 30.5 Å². The summed E-state index contributed by atoms with van der Waals surface area (Å²) < 4.78 is 14.9. The van der Waals surface area contributed by atoms with E-state index in [9.17, 15) is 9.50 Å². The number of halogens is 2. The summed E-state index contributed by atoms with van der Waals surface area (Å²) >= 11 is 5.94. The third-order valence-electron chi connectivity index (χ3n) is 3.43. The first-order valence-electron chi connectivity index (χ1n) is 6.68. The highest BCUT2D eigenvalue weighted by molar-refractivity contribution is 6.31. The summed E-state index contributed by atoms with van der Waals surface area (Å²) in [5.41, 5.74) is 1.31. The van der Waals surface area contributed by atoms with Gasteiger partial charge in [-0.1, -0.05) is 24.6 Å². The molecule has 0 aliphatic rings. The molecule has 0 saturated carbocycles. The van der Waals surface area contributed by atoms with E-state index in [4.69, 9.17) is 11.6 Å². The van der Waals surface area contributed by atoms with E-state index in [2.05, 4.69) is 18.9 Å². The first-order chi connectivity index (χ1) is 9.51. The Labute approximate surface area is 123 Å². The summed E-state index contributed by atoms with van der Waals surface area (Å²) in [5, 5.41) is 14.9. The largest absolute Gasteiger partial charge is 0.388 e. The topological polar surface area (TPSA) is 38.0 Å². The quantitative estimate of drug-likeness (QED) is 0.908. The second kappa shape index (κ2) is 6.37. The lowest BCUT2D eigenvalue weighted by Crippen LogP contribution is -2.07. The van der Waals surface area contributed by atoms with E-state index in [1.165, 1.54) is 18.2 Å². The lowest BCUT2D eigenvalue weighted by atomic mass is 10.1. The van der Waals surface area contributed by atoms with Crippen LogP contribution in [0.3, 0.4) is 0 Å². The Morgan fingerprint density at radius 1 is 1.40 bits per heavy atom. The summed E-state index contributed by atoms with van der Waals surface area (Å²) in [6.45, 7) is 4.18. The monoisotopic (exact) mass is 296 g/mol. The number of hydrogen-bond donors (Lipinski definition) is 1. The molecular weight excluding hydrogens is 279 g/mol. The van der Waals surface area contributed by atoms with Gasteiger partial charge >= 0.3 is 0 Å². The van der Waals surface area contributed by atoms with Gasteiger partial charge in [0.25, 0.3) is 0 Å². The number of benzene rings is 1. The normalized spacial score (nSPS) is 14.2. The Hall–Kier alpha value is -1.39. The molecule has 1 aromatic carbocycles. The summed E-state index contributed by atoms with van der Waals surface area (Å²) in [6.07, 6.45) is 2.47. The van der Waals surface area contributed by atoms with Crippen molar-refractivity contribution in [3.63, 3.8) is 0 Å². The van der Waals surface area contributed by atoms with Crippen molar-refractivity contribution in [1.29, 1.82) is 0 Å². The number of aliphatic hydroxyl groups is 1. The molecule has 1 aromatic heterocycles. The highest BCUT2D eigenvalue weighted by Crippen LogP contribution is 2.26. The molecule has 0 aliphatic carbocycles. The molecule has 5 heteroatoms. The maximum atomic E-state index is 13.0. The molecule has 0 aliphatic heterocycles. The highest BCUT2D eigenvalue weighted by Gasteiger charge is 2.15. The van der Waals surface area contributed by atoms with E-state index in [0.29, 0.717) is 18.0 Å². The lowest BCUT2D eigenvalue weighted by molar-refractivity contribution is 0.177. The van der Waals surface area contributed by atoms with Crippen molar-refractivity contribution in [2.75, 3.05) is 0 Å². The molecule has 0 saturated heterocycles. The van der Waals surface area contributed by atoms with E-state index < -0.39 is 11.9 Å². The van der Waals surface area contributed by atoms with E-state index in [-0.39, 0.29) is 5.02 Å². The number of aliphatic hydroxyl groups excluding tert-OH is 1. The van der Waals surface area contributed by atoms with Gasteiger partial charge in [-0.25, -0.2) is 4.39 Å². The van der Waals surface area contributed by atoms with Crippen LogP contribution in [0.4, 0.5) is 4.39 Å². The molecule has 0 amide bonds. The minimum atomic E-state index is -0.789. The van der Waals surface area contributed by atoms with Crippen LogP contribution in [-0.2, 0) is 6.42 Å². The van der Waals surface area contributed by atoms with Gasteiger partial charge in [-0.2, -0.15) is 5.10 Å². The molecule has 0 fully saturated rings. The van der Waals surface area contributed by atoms with Gasteiger partial charge in [0.15, 0.2) is 0 Å². The molecule has 0 spiro atoms. The minimum Gasteiger partial charge on any atom is -0.388 e. The van der Waals surface area contributed by atoms with Crippen LogP contribution < -0.4 is 0 Å². The number of nitrogens with zero attached hydrogens (tertiary/aromatic N) is 2. The SMILES string of the molecule is CCC(C)n1ccc(CC(O)c2ccc(F)cc2Cl)n1. The molecule has 20 heavy (non-hydrogen) atoms. The fraction of sp³-hybridized carbons (Fsp3) is 0.400. The number of aromatic nitrogens is 2. The van der Waals surface area contributed by atoms with Crippen molar-refractivity contribution in [2.45, 2.75) is 38.8 Å².